The quantitative estimate of drug-likeness (QED) is 0.0931. The van der Waals surface area contributed by atoms with Crippen LogP contribution >= 0.6 is 0 Å². The minimum absolute atomic E-state index is 0.0704. The number of benzene rings is 2. The summed E-state index contributed by atoms with van der Waals surface area (Å²) >= 11 is 0. The molecule has 2 aromatic carbocycles. The number of aliphatic imine (C=N–C) groups is 2. The third kappa shape index (κ3) is 9.51. The molecule has 4 aliphatic rings. The van der Waals surface area contributed by atoms with Crippen molar-refractivity contribution in [1.82, 2.24) is 19.9 Å². The van der Waals surface area contributed by atoms with E-state index in [0.717, 1.165) is 44.8 Å². The molecule has 6 atom stereocenters. The van der Waals surface area contributed by atoms with E-state index in [0.29, 0.717) is 86.6 Å². The Morgan fingerprint density at radius 1 is 0.591 bits per heavy atom. The number of carbonyl (C=O) groups excluding carboxylic acids is 3. The fourth-order valence-corrected chi connectivity index (χ4v) is 9.51. The number of esters is 2. The minimum atomic E-state index is -0.954. The largest absolute Gasteiger partial charge is 0.493 e. The van der Waals surface area contributed by atoms with Gasteiger partial charge in [-0.15, -0.1) is 0 Å². The molecule has 66 heavy (non-hydrogen) atoms. The molecular weight excluding hydrogens is 845 g/mol. The molecule has 0 amide bonds. The Morgan fingerprint density at radius 2 is 1.03 bits per heavy atom. The van der Waals surface area contributed by atoms with Gasteiger partial charge in [0.25, 0.3) is 0 Å². The summed E-state index contributed by atoms with van der Waals surface area (Å²) < 4.78 is 35.2. The molecule has 2 saturated carbocycles. The van der Waals surface area contributed by atoms with E-state index in [2.05, 4.69) is 19.9 Å². The second kappa shape index (κ2) is 19.8. The van der Waals surface area contributed by atoms with Crippen LogP contribution in [-0.4, -0.2) is 129 Å². The van der Waals surface area contributed by atoms with Crippen LogP contribution in [0.3, 0.4) is 0 Å². The van der Waals surface area contributed by atoms with Crippen LogP contribution in [-0.2, 0) is 23.9 Å². The van der Waals surface area contributed by atoms with Gasteiger partial charge >= 0.3 is 11.9 Å². The number of carbonyl (C=O) groups is 3. The average molecular weight is 903 g/mol. The number of methoxy groups -OCH3 is 2. The van der Waals surface area contributed by atoms with Crippen molar-refractivity contribution in [3.63, 3.8) is 0 Å². The molecule has 0 unspecified atom stereocenters. The van der Waals surface area contributed by atoms with Crippen molar-refractivity contribution in [3.8, 4) is 23.0 Å². The predicted octanol–water partition coefficient (Wildman–Crippen LogP) is 6.06. The van der Waals surface area contributed by atoms with Gasteiger partial charge < -0.3 is 38.2 Å². The normalized spacial score (nSPS) is 21.6. The molecular formula is C49H58N8O9. The maximum atomic E-state index is 13.3. The molecule has 0 spiro atoms. The van der Waals surface area contributed by atoms with Gasteiger partial charge in [0, 0.05) is 93.5 Å². The number of nitrogens with zero attached hydrogens (tertiary/aromatic N) is 8. The van der Waals surface area contributed by atoms with E-state index in [1.54, 1.807) is 39.0 Å². The Labute approximate surface area is 385 Å². The number of Topliss-reactive ketones (excluding diaryl/α,β-unsaturated/α-hetero) is 1. The summed E-state index contributed by atoms with van der Waals surface area (Å²) in [6, 6.07) is 7.67. The molecule has 0 bridgehead atoms. The molecule has 0 N–H and O–H groups in total. The van der Waals surface area contributed by atoms with Crippen molar-refractivity contribution in [2.75, 3.05) is 65.4 Å². The molecule has 17 heteroatoms. The monoisotopic (exact) mass is 902 g/mol. The Bertz CT molecular complexity index is 2510. The molecule has 2 aliphatic carbocycles. The average Bonchev–Trinajstić information content (AvgIpc) is 3.32. The van der Waals surface area contributed by atoms with E-state index >= 15 is 0 Å². The zero-order valence-electron chi connectivity index (χ0n) is 38.9. The maximum absolute atomic E-state index is 13.3. The number of anilines is 2. The summed E-state index contributed by atoms with van der Waals surface area (Å²) in [6.07, 6.45) is 9.00. The third-order valence-electron chi connectivity index (χ3n) is 12.7. The van der Waals surface area contributed by atoms with E-state index in [1.165, 1.54) is 0 Å². The van der Waals surface area contributed by atoms with Crippen molar-refractivity contribution < 1.29 is 42.8 Å². The molecule has 0 radical (unpaired) electrons. The van der Waals surface area contributed by atoms with Crippen molar-refractivity contribution in [2.45, 2.75) is 101 Å². The molecule has 4 aromatic rings. The standard InChI is InChI=1S/C49H58N8O9/c1-9-63-42-19-31-33-17-29(11-13-37(33)54-45(35(31)21-40(42)61-7)27-23-50-48(51-24-27)56(3)4)65-44(59)16-15-39(58)47(60)66-30-12-14-38-34(18-30)32-20-43(64-10-2)41(62-8)22-36(32)46(55-38)28-25-52-49(53-26-28)57(5)6/h19-26,29-30,33-34,37-38H,9-18H2,1-8H3/t29-,30-,33-,34-,37-,38-/m1/s1. The van der Waals surface area contributed by atoms with Gasteiger partial charge in [0.2, 0.25) is 17.7 Å². The molecule has 17 nitrogen and oxygen atoms in total. The molecule has 2 aromatic heterocycles. The summed E-state index contributed by atoms with van der Waals surface area (Å²) in [6.45, 7) is 4.74. The van der Waals surface area contributed by atoms with E-state index in [-0.39, 0.29) is 36.8 Å². The van der Waals surface area contributed by atoms with Crippen molar-refractivity contribution in [1.29, 1.82) is 0 Å². The minimum Gasteiger partial charge on any atom is -0.493 e. The number of aromatic nitrogens is 4. The molecule has 4 heterocycles. The van der Waals surface area contributed by atoms with Gasteiger partial charge in [-0.3, -0.25) is 19.6 Å². The first-order valence-corrected chi connectivity index (χ1v) is 22.7. The number of hydrogen-bond donors (Lipinski definition) is 0. The highest BCUT2D eigenvalue weighted by atomic mass is 16.6. The summed E-state index contributed by atoms with van der Waals surface area (Å²) in [5, 5.41) is 0. The summed E-state index contributed by atoms with van der Waals surface area (Å²) in [4.78, 5) is 72.0. The fourth-order valence-electron chi connectivity index (χ4n) is 9.51. The lowest BCUT2D eigenvalue weighted by molar-refractivity contribution is -0.160. The highest BCUT2D eigenvalue weighted by Gasteiger charge is 2.41. The van der Waals surface area contributed by atoms with Crippen LogP contribution < -0.4 is 28.7 Å². The SMILES string of the molecule is CCOc1cc2c(cc1OC)C(c1cnc(N(C)C)nc1)=N[C@@H]1CC[C@@H](OC(=O)CCC(=O)C(=O)O[C@@H]3CC[C@H]4N=C(c5cnc(N(C)C)nc5)c5cc(OC)c(OCC)cc5[C@H]4C3)C[C@H]21. The summed E-state index contributed by atoms with van der Waals surface area (Å²) in [7, 11) is 10.7. The summed E-state index contributed by atoms with van der Waals surface area (Å²) in [5.41, 5.74) is 6.82. The van der Waals surface area contributed by atoms with Gasteiger partial charge in [-0.05, 0) is 87.8 Å². The number of hydrogen-bond acceptors (Lipinski definition) is 17. The van der Waals surface area contributed by atoms with Crippen LogP contribution in [0.2, 0.25) is 0 Å². The zero-order valence-corrected chi connectivity index (χ0v) is 38.9. The number of ketones is 1. The number of ether oxygens (including phenoxy) is 6. The summed E-state index contributed by atoms with van der Waals surface area (Å²) in [5.74, 6) is 1.10. The topological polar surface area (TPSA) is 189 Å². The fraction of sp³-hybridized carbons (Fsp3) is 0.490. The highest BCUT2D eigenvalue weighted by molar-refractivity contribution is 6.33. The Balaban J connectivity index is 0.905. The maximum Gasteiger partial charge on any atom is 0.374 e. The van der Waals surface area contributed by atoms with E-state index in [9.17, 15) is 14.4 Å². The Morgan fingerprint density at radius 3 is 1.44 bits per heavy atom. The number of rotatable bonds is 16. The lowest BCUT2D eigenvalue weighted by atomic mass is 9.74. The van der Waals surface area contributed by atoms with E-state index in [1.807, 2.05) is 76.1 Å². The van der Waals surface area contributed by atoms with Crippen LogP contribution in [0.15, 0.2) is 59.0 Å². The second-order valence-corrected chi connectivity index (χ2v) is 17.4. The molecule has 8 rings (SSSR count). The lowest BCUT2D eigenvalue weighted by Crippen LogP contribution is -2.37. The van der Waals surface area contributed by atoms with Gasteiger partial charge in [-0.2, -0.15) is 0 Å². The van der Waals surface area contributed by atoms with Crippen LogP contribution in [0, 0.1) is 0 Å². The molecule has 348 valence electrons. The first kappa shape index (κ1) is 45.9. The van der Waals surface area contributed by atoms with E-state index in [4.69, 9.17) is 38.4 Å². The Hall–Kier alpha value is -6.65. The predicted molar refractivity (Wildman–Crippen MR) is 247 cm³/mol. The smallest absolute Gasteiger partial charge is 0.374 e. The van der Waals surface area contributed by atoms with E-state index < -0.39 is 29.9 Å². The first-order valence-electron chi connectivity index (χ1n) is 22.7. The van der Waals surface area contributed by atoms with Gasteiger partial charge in [-0.1, -0.05) is 0 Å². The molecule has 2 fully saturated rings. The second-order valence-electron chi connectivity index (χ2n) is 17.4. The van der Waals surface area contributed by atoms with Gasteiger partial charge in [0.15, 0.2) is 23.0 Å². The van der Waals surface area contributed by atoms with Crippen LogP contribution in [0.4, 0.5) is 11.9 Å². The Kier molecular flexibility index (Phi) is 13.8. The molecule has 2 aliphatic heterocycles. The molecule has 0 saturated heterocycles. The lowest BCUT2D eigenvalue weighted by Gasteiger charge is -2.38. The first-order chi connectivity index (χ1) is 31.9. The van der Waals surface area contributed by atoms with Crippen molar-refractivity contribution >= 4 is 41.0 Å². The van der Waals surface area contributed by atoms with Crippen LogP contribution in [0.25, 0.3) is 0 Å². The highest BCUT2D eigenvalue weighted by Crippen LogP contribution is 2.47. The number of fused-ring (bicyclic) bond motifs is 6. The van der Waals surface area contributed by atoms with Crippen molar-refractivity contribution in [2.24, 2.45) is 9.98 Å². The van der Waals surface area contributed by atoms with Crippen LogP contribution in [0.1, 0.15) is 110 Å². The van der Waals surface area contributed by atoms with Gasteiger partial charge in [-0.25, -0.2) is 24.7 Å². The van der Waals surface area contributed by atoms with Gasteiger partial charge in [0.1, 0.15) is 12.2 Å². The zero-order chi connectivity index (χ0) is 46.6. The third-order valence-corrected chi connectivity index (χ3v) is 12.7. The van der Waals surface area contributed by atoms with Gasteiger partial charge in [0.05, 0.1) is 57.4 Å². The van der Waals surface area contributed by atoms with Crippen LogP contribution in [0.5, 0.6) is 23.0 Å². The van der Waals surface area contributed by atoms with Crippen molar-refractivity contribution in [3.05, 3.63) is 82.4 Å².